The molecule has 3 nitrogen and oxygen atoms in total. The predicted molar refractivity (Wildman–Crippen MR) is 170 cm³/mol. The number of anilines is 3. The van der Waals surface area contributed by atoms with E-state index in [2.05, 4.69) is 144 Å². The normalized spacial score (nSPS) is 11.0. The van der Waals surface area contributed by atoms with Gasteiger partial charge in [0, 0.05) is 33.3 Å². The SMILES string of the molecule is Cc1ccccc1N(c1ccc(C#N)cc1)c1ccccc1-c1ccccc1-n1c2ccccc2c2ccccc21. The van der Waals surface area contributed by atoms with Gasteiger partial charge in [-0.1, -0.05) is 91.0 Å². The molecule has 7 aromatic rings. The van der Waals surface area contributed by atoms with Gasteiger partial charge in [0.1, 0.15) is 0 Å². The molecule has 41 heavy (non-hydrogen) atoms. The first kappa shape index (κ1) is 24.5. The van der Waals surface area contributed by atoms with Crippen LogP contribution in [0.2, 0.25) is 0 Å². The maximum atomic E-state index is 9.44. The van der Waals surface area contributed by atoms with Crippen LogP contribution in [0.4, 0.5) is 17.1 Å². The third-order valence-electron chi connectivity index (χ3n) is 7.77. The first-order valence-corrected chi connectivity index (χ1v) is 13.8. The fraction of sp³-hybridized carbons (Fsp3) is 0.0263. The molecule has 1 aromatic heterocycles. The van der Waals surface area contributed by atoms with Gasteiger partial charge in [0.25, 0.3) is 0 Å². The molecular weight excluding hydrogens is 498 g/mol. The molecule has 1 heterocycles. The monoisotopic (exact) mass is 525 g/mol. The molecule has 7 rings (SSSR count). The van der Waals surface area contributed by atoms with Crippen molar-refractivity contribution >= 4 is 38.9 Å². The number of aryl methyl sites for hydroxylation is 1. The van der Waals surface area contributed by atoms with Gasteiger partial charge in [-0.15, -0.1) is 0 Å². The van der Waals surface area contributed by atoms with Crippen molar-refractivity contribution < 1.29 is 0 Å². The number of rotatable bonds is 5. The summed E-state index contributed by atoms with van der Waals surface area (Å²) in [6.45, 7) is 2.14. The van der Waals surface area contributed by atoms with Crippen LogP contribution in [0.25, 0.3) is 38.6 Å². The van der Waals surface area contributed by atoms with E-state index in [1.807, 2.05) is 24.3 Å². The van der Waals surface area contributed by atoms with Gasteiger partial charge in [-0.3, -0.25) is 0 Å². The highest BCUT2D eigenvalue weighted by Gasteiger charge is 2.21. The number of nitrogens with zero attached hydrogens (tertiary/aromatic N) is 3. The van der Waals surface area contributed by atoms with Gasteiger partial charge in [-0.05, 0) is 67.1 Å². The Labute approximate surface area is 239 Å². The van der Waals surface area contributed by atoms with Crippen molar-refractivity contribution in [1.29, 1.82) is 5.26 Å². The minimum absolute atomic E-state index is 0.642. The van der Waals surface area contributed by atoms with E-state index in [0.717, 1.165) is 33.9 Å². The average molecular weight is 526 g/mol. The van der Waals surface area contributed by atoms with E-state index < -0.39 is 0 Å². The smallest absolute Gasteiger partial charge is 0.0991 e. The first-order chi connectivity index (χ1) is 20.2. The molecule has 0 aliphatic carbocycles. The minimum Gasteiger partial charge on any atom is -0.310 e. The summed E-state index contributed by atoms with van der Waals surface area (Å²) >= 11 is 0. The zero-order valence-electron chi connectivity index (χ0n) is 22.7. The summed E-state index contributed by atoms with van der Waals surface area (Å²) in [5, 5.41) is 11.9. The summed E-state index contributed by atoms with van der Waals surface area (Å²) in [6, 6.07) is 53.0. The molecule has 0 radical (unpaired) electrons. The Hall–Kier alpha value is -5.59. The molecule has 0 saturated carbocycles. The van der Waals surface area contributed by atoms with Crippen LogP contribution in [0.3, 0.4) is 0 Å². The van der Waals surface area contributed by atoms with E-state index in [1.165, 1.54) is 27.4 Å². The van der Waals surface area contributed by atoms with E-state index in [9.17, 15) is 5.26 Å². The van der Waals surface area contributed by atoms with Gasteiger partial charge in [0.05, 0.1) is 34.0 Å². The lowest BCUT2D eigenvalue weighted by atomic mass is 9.99. The molecule has 0 spiro atoms. The lowest BCUT2D eigenvalue weighted by Gasteiger charge is -2.29. The van der Waals surface area contributed by atoms with Crippen LogP contribution in [0.15, 0.2) is 146 Å². The van der Waals surface area contributed by atoms with Crippen molar-refractivity contribution in [3.8, 4) is 22.9 Å². The van der Waals surface area contributed by atoms with Crippen molar-refractivity contribution in [2.75, 3.05) is 4.90 Å². The summed E-state index contributed by atoms with van der Waals surface area (Å²) in [5.41, 5.74) is 10.7. The molecule has 6 aromatic carbocycles. The third kappa shape index (κ3) is 4.14. The van der Waals surface area contributed by atoms with E-state index in [0.29, 0.717) is 5.56 Å². The molecule has 3 heteroatoms. The third-order valence-corrected chi connectivity index (χ3v) is 7.77. The number of hydrogen-bond donors (Lipinski definition) is 0. The molecule has 0 fully saturated rings. The average Bonchev–Trinajstić information content (AvgIpc) is 3.37. The second-order valence-electron chi connectivity index (χ2n) is 10.2. The first-order valence-electron chi connectivity index (χ1n) is 13.8. The molecule has 0 unspecified atom stereocenters. The maximum Gasteiger partial charge on any atom is 0.0991 e. The van der Waals surface area contributed by atoms with Crippen LogP contribution in [0, 0.1) is 18.3 Å². The lowest BCUT2D eigenvalue weighted by Crippen LogP contribution is -2.12. The van der Waals surface area contributed by atoms with Crippen LogP contribution in [0.5, 0.6) is 0 Å². The van der Waals surface area contributed by atoms with E-state index in [1.54, 1.807) is 0 Å². The van der Waals surface area contributed by atoms with Crippen LogP contribution in [-0.2, 0) is 0 Å². The Kier molecular flexibility index (Phi) is 6.07. The van der Waals surface area contributed by atoms with Crippen molar-refractivity contribution in [2.24, 2.45) is 0 Å². The number of aromatic nitrogens is 1. The number of para-hydroxylation sites is 5. The maximum absolute atomic E-state index is 9.44. The van der Waals surface area contributed by atoms with Gasteiger partial charge in [0.15, 0.2) is 0 Å². The molecule has 194 valence electrons. The van der Waals surface area contributed by atoms with Gasteiger partial charge < -0.3 is 9.47 Å². The molecule has 0 aliphatic heterocycles. The van der Waals surface area contributed by atoms with Crippen LogP contribution >= 0.6 is 0 Å². The summed E-state index contributed by atoms with van der Waals surface area (Å²) in [4.78, 5) is 2.30. The van der Waals surface area contributed by atoms with Crippen molar-refractivity contribution in [3.63, 3.8) is 0 Å². The highest BCUT2D eigenvalue weighted by Crippen LogP contribution is 2.44. The van der Waals surface area contributed by atoms with Crippen LogP contribution in [-0.4, -0.2) is 4.57 Å². The highest BCUT2D eigenvalue weighted by atomic mass is 15.1. The second-order valence-corrected chi connectivity index (χ2v) is 10.2. The Morgan fingerprint density at radius 1 is 0.537 bits per heavy atom. The van der Waals surface area contributed by atoms with Gasteiger partial charge in [0.2, 0.25) is 0 Å². The Bertz CT molecular complexity index is 2020. The number of hydrogen-bond acceptors (Lipinski definition) is 2. The predicted octanol–water partition coefficient (Wildman–Crippen LogP) is 10.1. The number of nitriles is 1. The van der Waals surface area contributed by atoms with Crippen molar-refractivity contribution in [1.82, 2.24) is 4.57 Å². The molecule has 0 saturated heterocycles. The highest BCUT2D eigenvalue weighted by molar-refractivity contribution is 6.10. The zero-order chi connectivity index (χ0) is 27.8. The van der Waals surface area contributed by atoms with Gasteiger partial charge in [-0.25, -0.2) is 0 Å². The van der Waals surface area contributed by atoms with Gasteiger partial charge >= 0.3 is 0 Å². The van der Waals surface area contributed by atoms with Crippen molar-refractivity contribution in [3.05, 3.63) is 157 Å². The summed E-state index contributed by atoms with van der Waals surface area (Å²) in [6.07, 6.45) is 0. The summed E-state index contributed by atoms with van der Waals surface area (Å²) < 4.78 is 2.39. The molecular formula is C38H27N3. The Morgan fingerprint density at radius 2 is 1.07 bits per heavy atom. The Morgan fingerprint density at radius 3 is 1.73 bits per heavy atom. The largest absolute Gasteiger partial charge is 0.310 e. The minimum atomic E-state index is 0.642. The van der Waals surface area contributed by atoms with Crippen LogP contribution < -0.4 is 4.90 Å². The molecule has 0 bridgehead atoms. The van der Waals surface area contributed by atoms with Crippen molar-refractivity contribution in [2.45, 2.75) is 6.92 Å². The second kappa shape index (κ2) is 10.2. The van der Waals surface area contributed by atoms with E-state index in [-0.39, 0.29) is 0 Å². The fourth-order valence-corrected chi connectivity index (χ4v) is 5.88. The molecule has 0 amide bonds. The summed E-state index contributed by atoms with van der Waals surface area (Å²) in [7, 11) is 0. The lowest BCUT2D eigenvalue weighted by molar-refractivity contribution is 1.18. The van der Waals surface area contributed by atoms with E-state index >= 15 is 0 Å². The summed E-state index contributed by atoms with van der Waals surface area (Å²) in [5.74, 6) is 0. The van der Waals surface area contributed by atoms with E-state index in [4.69, 9.17) is 0 Å². The van der Waals surface area contributed by atoms with Gasteiger partial charge in [-0.2, -0.15) is 5.26 Å². The topological polar surface area (TPSA) is 32.0 Å². The number of benzene rings is 6. The Balaban J connectivity index is 1.51. The standard InChI is InChI=1S/C38H27N3/c1-27-12-2-7-17-34(27)40(29-24-22-28(26-39)23-25-29)35-18-8-3-13-30(35)31-14-4-9-19-36(31)41-37-20-10-5-15-32(37)33-16-6-11-21-38(33)41/h2-25H,1H3. The zero-order valence-corrected chi connectivity index (χ0v) is 22.7. The molecule has 0 aliphatic rings. The molecule has 0 N–H and O–H groups in total. The number of fused-ring (bicyclic) bond motifs is 3. The fourth-order valence-electron chi connectivity index (χ4n) is 5.88. The quantitative estimate of drug-likeness (QED) is 0.224. The molecule has 0 atom stereocenters. The van der Waals surface area contributed by atoms with Crippen LogP contribution in [0.1, 0.15) is 11.1 Å².